The molecular formula is C11H7F2N5OS2. The lowest BCUT2D eigenvalue weighted by molar-refractivity contribution is -0.0526. The number of halogens is 2. The Morgan fingerprint density at radius 3 is 2.95 bits per heavy atom. The number of nitrogens with one attached hydrogen (secondary N) is 1. The van der Waals surface area contributed by atoms with E-state index >= 15 is 0 Å². The summed E-state index contributed by atoms with van der Waals surface area (Å²) in [5, 5.41) is 3.83. The van der Waals surface area contributed by atoms with Crippen LogP contribution in [0.25, 0.3) is 10.3 Å². The molecule has 10 heteroatoms. The van der Waals surface area contributed by atoms with Gasteiger partial charge in [0, 0.05) is 18.5 Å². The van der Waals surface area contributed by atoms with Gasteiger partial charge in [-0.2, -0.15) is 8.78 Å². The Labute approximate surface area is 126 Å². The van der Waals surface area contributed by atoms with Crippen LogP contribution in [0.15, 0.2) is 30.9 Å². The van der Waals surface area contributed by atoms with Crippen LogP contribution >= 0.6 is 23.6 Å². The van der Waals surface area contributed by atoms with Crippen molar-refractivity contribution in [3.8, 4) is 5.88 Å². The zero-order chi connectivity index (χ0) is 14.8. The number of imidazole rings is 1. The number of hydrogen-bond acceptors (Lipinski definition) is 6. The highest BCUT2D eigenvalue weighted by Gasteiger charge is 2.11. The fourth-order valence-corrected chi connectivity index (χ4v) is 2.64. The number of hydrogen-bond donors (Lipinski definition) is 1. The zero-order valence-electron chi connectivity index (χ0n) is 10.2. The molecule has 0 amide bonds. The molecular weight excluding hydrogens is 320 g/mol. The number of fused-ring (bicyclic) bond motifs is 1. The Kier molecular flexibility index (Phi) is 3.71. The first-order valence-electron chi connectivity index (χ1n) is 5.63. The van der Waals surface area contributed by atoms with E-state index < -0.39 is 6.61 Å². The molecule has 0 radical (unpaired) electrons. The molecule has 0 saturated carbocycles. The van der Waals surface area contributed by atoms with Crippen LogP contribution in [-0.4, -0.2) is 31.2 Å². The van der Waals surface area contributed by atoms with E-state index in [9.17, 15) is 8.78 Å². The molecule has 1 N–H and O–H groups in total. The molecule has 3 aromatic rings. The Bertz CT molecular complexity index is 774. The van der Waals surface area contributed by atoms with E-state index in [4.69, 9.17) is 12.2 Å². The minimum atomic E-state index is -2.91. The minimum absolute atomic E-state index is 0.148. The third kappa shape index (κ3) is 3.11. The van der Waals surface area contributed by atoms with Crippen LogP contribution in [0.3, 0.4) is 0 Å². The highest BCUT2D eigenvalue weighted by atomic mass is 32.1. The van der Waals surface area contributed by atoms with Gasteiger partial charge in [0.25, 0.3) is 0 Å². The van der Waals surface area contributed by atoms with Gasteiger partial charge in [-0.15, -0.1) is 0 Å². The van der Waals surface area contributed by atoms with Gasteiger partial charge < -0.3 is 10.1 Å². The fraction of sp³-hybridized carbons (Fsp3) is 0.0909. The molecule has 6 nitrogen and oxygen atoms in total. The minimum Gasteiger partial charge on any atom is -0.417 e. The summed E-state index contributed by atoms with van der Waals surface area (Å²) < 4.78 is 30.1. The predicted octanol–water partition coefficient (Wildman–Crippen LogP) is 2.73. The van der Waals surface area contributed by atoms with Gasteiger partial charge in [-0.1, -0.05) is 11.3 Å². The number of thiocarbonyl (C=S) groups is 1. The molecule has 108 valence electrons. The van der Waals surface area contributed by atoms with Crippen LogP contribution in [-0.2, 0) is 0 Å². The Balaban J connectivity index is 1.82. The van der Waals surface area contributed by atoms with Gasteiger partial charge in [0.2, 0.25) is 5.88 Å². The molecule has 0 atom stereocenters. The average Bonchev–Trinajstić information content (AvgIpc) is 3.05. The van der Waals surface area contributed by atoms with Crippen LogP contribution in [0.4, 0.5) is 13.9 Å². The number of alkyl halides is 2. The van der Waals surface area contributed by atoms with Crippen molar-refractivity contribution in [3.05, 3.63) is 30.9 Å². The molecule has 0 aliphatic carbocycles. The van der Waals surface area contributed by atoms with Gasteiger partial charge in [0.15, 0.2) is 10.2 Å². The fourth-order valence-electron chi connectivity index (χ4n) is 1.55. The normalized spacial score (nSPS) is 11.0. The number of thiazole rings is 1. The van der Waals surface area contributed by atoms with Crippen molar-refractivity contribution in [2.75, 3.05) is 5.32 Å². The second kappa shape index (κ2) is 5.66. The van der Waals surface area contributed by atoms with Crippen LogP contribution in [0, 0.1) is 0 Å². The second-order valence-electron chi connectivity index (χ2n) is 3.77. The molecule has 0 spiro atoms. The number of pyridine rings is 1. The first-order chi connectivity index (χ1) is 10.1. The summed E-state index contributed by atoms with van der Waals surface area (Å²) in [5.74, 6) is -0.148. The van der Waals surface area contributed by atoms with E-state index in [1.807, 2.05) is 0 Å². The van der Waals surface area contributed by atoms with Crippen molar-refractivity contribution >= 4 is 44.1 Å². The maximum Gasteiger partial charge on any atom is 0.388 e. The molecule has 0 aromatic carbocycles. The number of aromatic nitrogens is 4. The highest BCUT2D eigenvalue weighted by molar-refractivity contribution is 7.80. The van der Waals surface area contributed by atoms with Crippen molar-refractivity contribution in [1.29, 1.82) is 0 Å². The SMILES string of the molecule is FC(F)Oc1ccc2nc(NC(=S)n3ccnc3)sc2n1. The third-order valence-corrected chi connectivity index (χ3v) is 3.59. The monoisotopic (exact) mass is 327 g/mol. The molecule has 0 bridgehead atoms. The predicted molar refractivity (Wildman–Crippen MR) is 77.9 cm³/mol. The topological polar surface area (TPSA) is 64.9 Å². The lowest BCUT2D eigenvalue weighted by atomic mass is 10.4. The van der Waals surface area contributed by atoms with Crippen molar-refractivity contribution < 1.29 is 13.5 Å². The lowest BCUT2D eigenvalue weighted by Crippen LogP contribution is -2.17. The van der Waals surface area contributed by atoms with Gasteiger partial charge in [-0.25, -0.2) is 15.0 Å². The molecule has 0 aliphatic heterocycles. The van der Waals surface area contributed by atoms with Crippen molar-refractivity contribution in [3.63, 3.8) is 0 Å². The smallest absolute Gasteiger partial charge is 0.388 e. The number of ether oxygens (including phenoxy) is 1. The first-order valence-corrected chi connectivity index (χ1v) is 6.86. The maximum absolute atomic E-state index is 12.1. The van der Waals surface area contributed by atoms with E-state index in [0.717, 1.165) is 0 Å². The van der Waals surface area contributed by atoms with E-state index in [1.165, 1.54) is 17.4 Å². The largest absolute Gasteiger partial charge is 0.417 e. The third-order valence-electron chi connectivity index (χ3n) is 2.39. The van der Waals surface area contributed by atoms with Gasteiger partial charge in [-0.3, -0.25) is 4.57 Å². The summed E-state index contributed by atoms with van der Waals surface area (Å²) >= 11 is 6.36. The van der Waals surface area contributed by atoms with Crippen LogP contribution in [0.1, 0.15) is 0 Å². The molecule has 3 rings (SSSR count). The summed E-state index contributed by atoms with van der Waals surface area (Å²) in [4.78, 5) is 12.6. The van der Waals surface area contributed by atoms with E-state index in [-0.39, 0.29) is 5.88 Å². The zero-order valence-corrected chi connectivity index (χ0v) is 11.9. The highest BCUT2D eigenvalue weighted by Crippen LogP contribution is 2.26. The van der Waals surface area contributed by atoms with Crippen LogP contribution in [0.2, 0.25) is 0 Å². The molecule has 0 aliphatic rings. The second-order valence-corrected chi connectivity index (χ2v) is 5.14. The van der Waals surface area contributed by atoms with Gasteiger partial charge in [0.05, 0.1) is 0 Å². The summed E-state index contributed by atoms with van der Waals surface area (Å²) in [6.07, 6.45) is 4.84. The average molecular weight is 327 g/mol. The standard InChI is InChI=1S/C11H7F2N5OS2/c12-9(13)19-7-2-1-6-8(16-7)21-10(15-6)17-11(20)18-4-3-14-5-18/h1-5,9H,(H,15,17,20). The van der Waals surface area contributed by atoms with E-state index in [0.29, 0.717) is 20.6 Å². The maximum atomic E-state index is 12.1. The van der Waals surface area contributed by atoms with Crippen LogP contribution < -0.4 is 10.1 Å². The first kappa shape index (κ1) is 13.8. The van der Waals surface area contributed by atoms with Gasteiger partial charge in [0.1, 0.15) is 16.7 Å². The Morgan fingerprint density at radius 2 is 2.24 bits per heavy atom. The Hall–Kier alpha value is -2.20. The summed E-state index contributed by atoms with van der Waals surface area (Å²) in [7, 11) is 0. The quantitative estimate of drug-likeness (QED) is 0.746. The van der Waals surface area contributed by atoms with Crippen molar-refractivity contribution in [2.45, 2.75) is 6.61 Å². The summed E-state index contributed by atoms with van der Waals surface area (Å²) in [6, 6.07) is 2.90. The lowest BCUT2D eigenvalue weighted by Gasteiger charge is -2.03. The van der Waals surface area contributed by atoms with Gasteiger partial charge in [-0.05, 0) is 18.3 Å². The molecule has 3 heterocycles. The summed E-state index contributed by atoms with van der Waals surface area (Å²) in [5.41, 5.74) is 0.567. The number of rotatable bonds is 3. The number of nitrogens with zero attached hydrogens (tertiary/aromatic N) is 4. The Morgan fingerprint density at radius 1 is 1.38 bits per heavy atom. The van der Waals surface area contributed by atoms with Crippen LogP contribution in [0.5, 0.6) is 5.88 Å². The molecule has 0 saturated heterocycles. The summed E-state index contributed by atoms with van der Waals surface area (Å²) in [6.45, 7) is -2.91. The molecule has 3 aromatic heterocycles. The van der Waals surface area contributed by atoms with Crippen molar-refractivity contribution in [2.24, 2.45) is 0 Å². The van der Waals surface area contributed by atoms with Gasteiger partial charge >= 0.3 is 6.61 Å². The molecule has 0 unspecified atom stereocenters. The van der Waals surface area contributed by atoms with E-state index in [2.05, 4.69) is 25.0 Å². The van der Waals surface area contributed by atoms with Crippen molar-refractivity contribution in [1.82, 2.24) is 19.5 Å². The number of anilines is 1. The van der Waals surface area contributed by atoms with E-state index in [1.54, 1.807) is 29.4 Å². The molecule has 0 fully saturated rings. The molecule has 21 heavy (non-hydrogen) atoms.